The van der Waals surface area contributed by atoms with E-state index in [1.807, 2.05) is 0 Å². The third kappa shape index (κ3) is 2.94. The van der Waals surface area contributed by atoms with Gasteiger partial charge in [-0.25, -0.2) is 0 Å². The van der Waals surface area contributed by atoms with Crippen LogP contribution in [0.5, 0.6) is 0 Å². The van der Waals surface area contributed by atoms with Gasteiger partial charge in [-0.1, -0.05) is 13.3 Å². The van der Waals surface area contributed by atoms with Crippen LogP contribution in [0.25, 0.3) is 0 Å². The van der Waals surface area contributed by atoms with Crippen molar-refractivity contribution in [2.24, 2.45) is 11.8 Å². The molecule has 88 valence electrons. The Bertz CT molecular complexity index is 189. The zero-order valence-corrected chi connectivity index (χ0v) is 10.3. The molecule has 15 heavy (non-hydrogen) atoms. The largest absolute Gasteiger partial charge is 0.316 e. The quantitative estimate of drug-likeness (QED) is 0.751. The Morgan fingerprint density at radius 1 is 1.27 bits per heavy atom. The van der Waals surface area contributed by atoms with Gasteiger partial charge in [0.1, 0.15) is 0 Å². The van der Waals surface area contributed by atoms with Gasteiger partial charge in [0.05, 0.1) is 0 Å². The summed E-state index contributed by atoms with van der Waals surface area (Å²) in [5, 5.41) is 3.53. The second-order valence-electron chi connectivity index (χ2n) is 5.59. The monoisotopic (exact) mass is 210 g/mol. The standard InChI is InChI=1S/C13H26N2/c1-11-9-14-7-4-8-15(10-11)12(2)13-5-3-6-13/h11-14H,3-10H2,1-2H3. The molecule has 2 aliphatic rings. The van der Waals surface area contributed by atoms with E-state index in [2.05, 4.69) is 24.1 Å². The predicted molar refractivity (Wildman–Crippen MR) is 65.0 cm³/mol. The molecule has 2 unspecified atom stereocenters. The van der Waals surface area contributed by atoms with E-state index < -0.39 is 0 Å². The molecular weight excluding hydrogens is 184 g/mol. The molecule has 1 aliphatic carbocycles. The summed E-state index contributed by atoms with van der Waals surface area (Å²) >= 11 is 0. The van der Waals surface area contributed by atoms with Crippen LogP contribution < -0.4 is 5.32 Å². The molecule has 1 aliphatic heterocycles. The van der Waals surface area contributed by atoms with Crippen molar-refractivity contribution >= 4 is 0 Å². The van der Waals surface area contributed by atoms with E-state index in [-0.39, 0.29) is 0 Å². The van der Waals surface area contributed by atoms with Gasteiger partial charge >= 0.3 is 0 Å². The smallest absolute Gasteiger partial charge is 0.00953 e. The summed E-state index contributed by atoms with van der Waals surface area (Å²) in [7, 11) is 0. The molecular formula is C13H26N2. The number of nitrogens with one attached hydrogen (secondary N) is 1. The van der Waals surface area contributed by atoms with Gasteiger partial charge in [0.2, 0.25) is 0 Å². The Morgan fingerprint density at radius 2 is 2.07 bits per heavy atom. The second kappa shape index (κ2) is 5.31. The second-order valence-corrected chi connectivity index (χ2v) is 5.59. The van der Waals surface area contributed by atoms with Gasteiger partial charge in [-0.15, -0.1) is 0 Å². The summed E-state index contributed by atoms with van der Waals surface area (Å²) in [6, 6.07) is 0.833. The van der Waals surface area contributed by atoms with E-state index in [1.54, 1.807) is 0 Å². The van der Waals surface area contributed by atoms with Crippen LogP contribution in [-0.4, -0.2) is 37.1 Å². The maximum absolute atomic E-state index is 3.53. The van der Waals surface area contributed by atoms with Gasteiger partial charge in [0.25, 0.3) is 0 Å². The van der Waals surface area contributed by atoms with Gasteiger partial charge in [-0.3, -0.25) is 0 Å². The lowest BCUT2D eigenvalue weighted by Gasteiger charge is -2.41. The molecule has 0 bridgehead atoms. The first kappa shape index (κ1) is 11.4. The van der Waals surface area contributed by atoms with Crippen molar-refractivity contribution in [1.82, 2.24) is 10.2 Å². The number of nitrogens with zero attached hydrogens (tertiary/aromatic N) is 1. The average molecular weight is 210 g/mol. The fourth-order valence-electron chi connectivity index (χ4n) is 2.90. The van der Waals surface area contributed by atoms with Gasteiger partial charge < -0.3 is 10.2 Å². The maximum atomic E-state index is 3.53. The van der Waals surface area contributed by atoms with Crippen LogP contribution in [0.4, 0.5) is 0 Å². The summed E-state index contributed by atoms with van der Waals surface area (Å²) < 4.78 is 0. The summed E-state index contributed by atoms with van der Waals surface area (Å²) in [5.41, 5.74) is 0. The Kier molecular flexibility index (Phi) is 4.04. The third-order valence-electron chi connectivity index (χ3n) is 4.25. The van der Waals surface area contributed by atoms with Crippen molar-refractivity contribution in [1.29, 1.82) is 0 Å². The summed E-state index contributed by atoms with van der Waals surface area (Å²) in [5.74, 6) is 1.82. The van der Waals surface area contributed by atoms with E-state index in [1.165, 1.54) is 51.9 Å². The van der Waals surface area contributed by atoms with Crippen molar-refractivity contribution in [3.63, 3.8) is 0 Å². The van der Waals surface area contributed by atoms with Crippen molar-refractivity contribution in [3.05, 3.63) is 0 Å². The summed E-state index contributed by atoms with van der Waals surface area (Å²) in [6.07, 6.45) is 5.75. The molecule has 2 atom stereocenters. The molecule has 0 aromatic heterocycles. The van der Waals surface area contributed by atoms with Crippen LogP contribution >= 0.6 is 0 Å². The minimum atomic E-state index is 0.813. The molecule has 2 nitrogen and oxygen atoms in total. The molecule has 2 rings (SSSR count). The van der Waals surface area contributed by atoms with Crippen molar-refractivity contribution in [2.45, 2.75) is 45.6 Å². The molecule has 2 heteroatoms. The maximum Gasteiger partial charge on any atom is 0.00953 e. The lowest BCUT2D eigenvalue weighted by Crippen LogP contribution is -2.47. The van der Waals surface area contributed by atoms with Crippen LogP contribution in [0.15, 0.2) is 0 Å². The molecule has 0 radical (unpaired) electrons. The minimum Gasteiger partial charge on any atom is -0.316 e. The lowest BCUT2D eigenvalue weighted by atomic mass is 9.79. The van der Waals surface area contributed by atoms with Crippen LogP contribution in [0.1, 0.15) is 39.5 Å². The lowest BCUT2D eigenvalue weighted by molar-refractivity contribution is 0.0878. The minimum absolute atomic E-state index is 0.813. The molecule has 2 fully saturated rings. The fraction of sp³-hybridized carbons (Fsp3) is 1.00. The highest BCUT2D eigenvalue weighted by Crippen LogP contribution is 2.32. The van der Waals surface area contributed by atoms with Crippen LogP contribution in [0.3, 0.4) is 0 Å². The zero-order chi connectivity index (χ0) is 10.7. The zero-order valence-electron chi connectivity index (χ0n) is 10.3. The van der Waals surface area contributed by atoms with E-state index in [4.69, 9.17) is 0 Å². The Labute approximate surface area is 94.4 Å². The van der Waals surface area contributed by atoms with E-state index in [0.29, 0.717) is 0 Å². The number of hydrogen-bond acceptors (Lipinski definition) is 2. The van der Waals surface area contributed by atoms with E-state index >= 15 is 0 Å². The number of hydrogen-bond donors (Lipinski definition) is 1. The average Bonchev–Trinajstić information content (AvgIpc) is 2.07. The van der Waals surface area contributed by atoms with Gasteiger partial charge in [0, 0.05) is 12.6 Å². The Balaban J connectivity index is 1.86. The molecule has 0 aromatic carbocycles. The van der Waals surface area contributed by atoms with E-state index in [9.17, 15) is 0 Å². The molecule has 0 spiro atoms. The van der Waals surface area contributed by atoms with Crippen molar-refractivity contribution in [3.8, 4) is 0 Å². The predicted octanol–water partition coefficient (Wildman–Crippen LogP) is 2.11. The third-order valence-corrected chi connectivity index (χ3v) is 4.25. The van der Waals surface area contributed by atoms with Crippen LogP contribution in [-0.2, 0) is 0 Å². The van der Waals surface area contributed by atoms with Gasteiger partial charge in [-0.05, 0) is 57.7 Å². The van der Waals surface area contributed by atoms with Gasteiger partial charge in [-0.2, -0.15) is 0 Å². The summed E-state index contributed by atoms with van der Waals surface area (Å²) in [4.78, 5) is 2.75. The molecule has 1 heterocycles. The first-order valence-electron chi connectivity index (χ1n) is 6.72. The topological polar surface area (TPSA) is 15.3 Å². The molecule has 1 N–H and O–H groups in total. The normalized spacial score (nSPS) is 32.8. The van der Waals surface area contributed by atoms with Crippen molar-refractivity contribution in [2.75, 3.05) is 26.2 Å². The first-order valence-corrected chi connectivity index (χ1v) is 6.72. The SMILES string of the molecule is CC1CNCCCN(C(C)C2CCC2)C1. The highest BCUT2D eigenvalue weighted by molar-refractivity contribution is 4.83. The molecule has 0 aromatic rings. The molecule has 0 amide bonds. The van der Waals surface area contributed by atoms with Crippen molar-refractivity contribution < 1.29 is 0 Å². The molecule has 1 saturated carbocycles. The molecule has 1 saturated heterocycles. The highest BCUT2D eigenvalue weighted by Gasteiger charge is 2.29. The van der Waals surface area contributed by atoms with Crippen LogP contribution in [0.2, 0.25) is 0 Å². The highest BCUT2D eigenvalue weighted by atomic mass is 15.2. The van der Waals surface area contributed by atoms with Crippen LogP contribution in [0, 0.1) is 11.8 Å². The fourth-order valence-corrected chi connectivity index (χ4v) is 2.90. The van der Waals surface area contributed by atoms with Gasteiger partial charge in [0.15, 0.2) is 0 Å². The summed E-state index contributed by atoms with van der Waals surface area (Å²) in [6.45, 7) is 9.83. The Hall–Kier alpha value is -0.0800. The Morgan fingerprint density at radius 3 is 2.73 bits per heavy atom. The van der Waals surface area contributed by atoms with E-state index in [0.717, 1.165) is 17.9 Å². The number of rotatable bonds is 2. The first-order chi connectivity index (χ1) is 7.27.